The molecule has 3 fully saturated rings. The van der Waals surface area contributed by atoms with Crippen LogP contribution >= 0.6 is 0 Å². The third kappa shape index (κ3) is 29.7. The van der Waals surface area contributed by atoms with Gasteiger partial charge in [0.2, 0.25) is 5.91 Å². The average molecular weight is 1180 g/mol. The van der Waals surface area contributed by atoms with E-state index in [-0.39, 0.29) is 18.9 Å². The van der Waals surface area contributed by atoms with Crippen molar-refractivity contribution >= 4 is 5.91 Å². The first-order valence-corrected chi connectivity index (χ1v) is 33.3. The number of carbonyl (C=O) groups excluding carboxylic acids is 1. The topological polar surface area (TPSA) is 307 Å². The van der Waals surface area contributed by atoms with Crippen LogP contribution in [0, 0.1) is 0 Å². The molecule has 0 aromatic carbocycles. The minimum absolute atomic E-state index is 0.246. The predicted molar refractivity (Wildman–Crippen MR) is 314 cm³/mol. The molecule has 3 aliphatic heterocycles. The van der Waals surface area contributed by atoms with Crippen LogP contribution in [0.25, 0.3) is 0 Å². The maximum atomic E-state index is 13.2. The Balaban J connectivity index is 1.33. The van der Waals surface area contributed by atoms with Crippen LogP contribution in [0.5, 0.6) is 0 Å². The highest BCUT2D eigenvalue weighted by molar-refractivity contribution is 5.76. The zero-order valence-electron chi connectivity index (χ0n) is 51.0. The molecule has 0 spiro atoms. The summed E-state index contributed by atoms with van der Waals surface area (Å²) in [6.07, 6.45) is 21.1. The number of hydrogen-bond acceptors (Lipinski definition) is 18. The fourth-order valence-corrected chi connectivity index (χ4v) is 11.7. The van der Waals surface area contributed by atoms with Gasteiger partial charge in [-0.05, 0) is 12.8 Å². The summed E-state index contributed by atoms with van der Waals surface area (Å²) in [6.45, 7) is 1.76. The Hall–Kier alpha value is -1.21. The van der Waals surface area contributed by atoms with Gasteiger partial charge in [-0.2, -0.15) is 0 Å². The molecule has 1 amide bonds. The Morgan fingerprint density at radius 2 is 0.695 bits per heavy atom. The van der Waals surface area contributed by atoms with Gasteiger partial charge < -0.3 is 89.9 Å². The number of aliphatic hydroxyl groups excluding tert-OH is 11. The molecule has 3 rings (SSSR count). The number of rotatable bonds is 51. The van der Waals surface area contributed by atoms with E-state index in [0.717, 1.165) is 51.4 Å². The Labute approximate surface area is 493 Å². The minimum Gasteiger partial charge on any atom is -0.394 e. The summed E-state index contributed by atoms with van der Waals surface area (Å²) in [5.41, 5.74) is 0. The molecule has 17 unspecified atom stereocenters. The molecule has 0 saturated carbocycles. The highest BCUT2D eigenvalue weighted by atomic mass is 16.8. The van der Waals surface area contributed by atoms with Crippen LogP contribution in [0.1, 0.15) is 264 Å². The van der Waals surface area contributed by atoms with E-state index in [1.54, 1.807) is 0 Å². The van der Waals surface area contributed by atoms with Crippen molar-refractivity contribution in [1.29, 1.82) is 0 Å². The number of carbonyl (C=O) groups is 1. The van der Waals surface area contributed by atoms with Gasteiger partial charge in [0.05, 0.1) is 38.6 Å². The third-order valence-corrected chi connectivity index (χ3v) is 17.2. The van der Waals surface area contributed by atoms with Crippen LogP contribution in [0.3, 0.4) is 0 Å². The van der Waals surface area contributed by atoms with Gasteiger partial charge in [0.1, 0.15) is 73.2 Å². The number of nitrogens with one attached hydrogen (secondary N) is 1. The van der Waals surface area contributed by atoms with Crippen molar-refractivity contribution in [2.75, 3.05) is 26.4 Å². The largest absolute Gasteiger partial charge is 0.394 e. The summed E-state index contributed by atoms with van der Waals surface area (Å²) in [4.78, 5) is 13.2. The van der Waals surface area contributed by atoms with E-state index in [9.17, 15) is 61.0 Å². The van der Waals surface area contributed by atoms with Crippen LogP contribution in [0.15, 0.2) is 0 Å². The lowest BCUT2D eigenvalue weighted by Crippen LogP contribution is -2.66. The summed E-state index contributed by atoms with van der Waals surface area (Å²) in [5, 5.41) is 120. The molecule has 3 saturated heterocycles. The van der Waals surface area contributed by atoms with Gasteiger partial charge in [-0.15, -0.1) is 0 Å². The highest BCUT2D eigenvalue weighted by Crippen LogP contribution is 2.33. The number of unbranched alkanes of at least 4 members (excludes halogenated alkanes) is 35. The lowest BCUT2D eigenvalue weighted by Gasteiger charge is -2.48. The van der Waals surface area contributed by atoms with Crippen LogP contribution in [-0.2, 0) is 33.2 Å². The molecule has 0 radical (unpaired) electrons. The summed E-state index contributed by atoms with van der Waals surface area (Å²) in [6, 6.07) is -0.879. The molecule has 12 N–H and O–H groups in total. The summed E-state index contributed by atoms with van der Waals surface area (Å²) >= 11 is 0. The van der Waals surface area contributed by atoms with Crippen LogP contribution in [-0.4, -0.2) is 193 Å². The van der Waals surface area contributed by atoms with Crippen molar-refractivity contribution in [2.24, 2.45) is 0 Å². The summed E-state index contributed by atoms with van der Waals surface area (Å²) in [5.74, 6) is -0.246. The average Bonchev–Trinajstić information content (AvgIpc) is 3.59. The Kier molecular flexibility index (Phi) is 42.9. The number of ether oxygens (including phenoxy) is 6. The Bertz CT molecular complexity index is 1500. The van der Waals surface area contributed by atoms with Crippen molar-refractivity contribution in [1.82, 2.24) is 5.32 Å². The van der Waals surface area contributed by atoms with Crippen molar-refractivity contribution in [3.05, 3.63) is 0 Å². The van der Waals surface area contributed by atoms with Crippen LogP contribution < -0.4 is 5.32 Å². The molecular weight excluding hydrogens is 1060 g/mol. The monoisotopic (exact) mass is 1180 g/mol. The standard InChI is InChI=1S/C63H121NO18/c1-3-5-7-9-11-12-13-14-15-16-17-18-19-20-21-22-23-24-25-26-27-28-29-30-31-32-33-35-36-38-40-47(68)46(64-51(69)41-39-37-34-10-8-6-4-2)45-77-61-57(75)54(72)59(49(43-66)79-61)82-63-58(76)55(73)60(50(44-67)80-63)81-62-56(74)53(71)52(70)48(42-65)78-62/h46-50,52-63,65-68,70-76H,3-45H2,1-2H3,(H,64,69). The van der Waals surface area contributed by atoms with Gasteiger partial charge in [-0.25, -0.2) is 0 Å². The smallest absolute Gasteiger partial charge is 0.220 e. The Morgan fingerprint density at radius 3 is 1.06 bits per heavy atom. The van der Waals surface area contributed by atoms with Gasteiger partial charge >= 0.3 is 0 Å². The molecule has 82 heavy (non-hydrogen) atoms. The van der Waals surface area contributed by atoms with Crippen molar-refractivity contribution in [2.45, 2.75) is 369 Å². The molecule has 19 heteroatoms. The summed E-state index contributed by atoms with van der Waals surface area (Å²) in [7, 11) is 0. The SMILES string of the molecule is CCCCCCCCCCCCCCCCCCCCCCCCCCCCCCCCC(O)C(COC1OC(CO)C(OC2OC(CO)C(OC3OC(CO)C(O)C(O)C3O)C(O)C2O)C(O)C1O)NC(=O)CCCCCCCCC. The van der Waals surface area contributed by atoms with Gasteiger partial charge in [0, 0.05) is 6.42 Å². The van der Waals surface area contributed by atoms with Gasteiger partial charge in [0.25, 0.3) is 0 Å². The molecule has 486 valence electrons. The van der Waals surface area contributed by atoms with Crippen molar-refractivity contribution < 1.29 is 89.4 Å². The number of aliphatic hydroxyl groups is 11. The summed E-state index contributed by atoms with van der Waals surface area (Å²) < 4.78 is 34.3. The first kappa shape index (κ1) is 75.0. The van der Waals surface area contributed by atoms with E-state index >= 15 is 0 Å². The second-order valence-corrected chi connectivity index (χ2v) is 24.3. The van der Waals surface area contributed by atoms with E-state index in [2.05, 4.69) is 19.2 Å². The number of amides is 1. The first-order chi connectivity index (χ1) is 39.8. The second kappa shape index (κ2) is 46.9. The Morgan fingerprint density at radius 1 is 0.390 bits per heavy atom. The van der Waals surface area contributed by atoms with E-state index in [1.165, 1.54) is 180 Å². The fourth-order valence-electron chi connectivity index (χ4n) is 11.7. The van der Waals surface area contributed by atoms with Gasteiger partial charge in [-0.1, -0.05) is 245 Å². The van der Waals surface area contributed by atoms with Gasteiger partial charge in [0.15, 0.2) is 18.9 Å². The molecule has 19 nitrogen and oxygen atoms in total. The van der Waals surface area contributed by atoms with Crippen LogP contribution in [0.4, 0.5) is 0 Å². The van der Waals surface area contributed by atoms with Crippen molar-refractivity contribution in [3.8, 4) is 0 Å². The zero-order valence-corrected chi connectivity index (χ0v) is 51.0. The fraction of sp³-hybridized carbons (Fsp3) is 0.984. The first-order valence-electron chi connectivity index (χ1n) is 33.3. The quantitative estimate of drug-likeness (QED) is 0.0262. The second-order valence-electron chi connectivity index (χ2n) is 24.3. The maximum Gasteiger partial charge on any atom is 0.220 e. The molecule has 0 aromatic heterocycles. The van der Waals surface area contributed by atoms with E-state index in [1.807, 2.05) is 0 Å². The molecule has 0 aliphatic carbocycles. The normalized spacial score (nSPS) is 29.5. The molecule has 0 aromatic rings. The third-order valence-electron chi connectivity index (χ3n) is 17.2. The minimum atomic E-state index is -1.97. The lowest BCUT2D eigenvalue weighted by atomic mass is 9.96. The van der Waals surface area contributed by atoms with Crippen molar-refractivity contribution in [3.63, 3.8) is 0 Å². The lowest BCUT2D eigenvalue weighted by molar-refractivity contribution is -0.379. The molecule has 3 heterocycles. The zero-order chi connectivity index (χ0) is 59.7. The van der Waals surface area contributed by atoms with E-state index in [0.29, 0.717) is 12.8 Å². The number of hydrogen-bond donors (Lipinski definition) is 12. The molecule has 3 aliphatic rings. The van der Waals surface area contributed by atoms with E-state index in [4.69, 9.17) is 28.4 Å². The van der Waals surface area contributed by atoms with Crippen LogP contribution in [0.2, 0.25) is 0 Å². The highest BCUT2D eigenvalue weighted by Gasteiger charge is 2.53. The predicted octanol–water partition coefficient (Wildman–Crippen LogP) is 7.55. The maximum absolute atomic E-state index is 13.2. The molecular formula is C63H121NO18. The molecule has 0 bridgehead atoms. The van der Waals surface area contributed by atoms with Gasteiger partial charge in [-0.3, -0.25) is 4.79 Å². The molecule has 17 atom stereocenters. The van der Waals surface area contributed by atoms with E-state index < -0.39 is 124 Å².